The summed E-state index contributed by atoms with van der Waals surface area (Å²) in [6.45, 7) is 5.65. The number of nitrogens with one attached hydrogen (secondary N) is 1. The van der Waals surface area contributed by atoms with Gasteiger partial charge in [-0.3, -0.25) is 0 Å². The van der Waals surface area contributed by atoms with Crippen LogP contribution in [0, 0.1) is 6.92 Å². The lowest BCUT2D eigenvalue weighted by Gasteiger charge is -2.13. The molecule has 0 saturated carbocycles. The van der Waals surface area contributed by atoms with Crippen LogP contribution < -0.4 is 11.1 Å². The predicted octanol–water partition coefficient (Wildman–Crippen LogP) is 2.00. The minimum Gasteiger partial charge on any atom is -0.399 e. The molecule has 1 aromatic rings. The lowest BCUT2D eigenvalue weighted by Crippen LogP contribution is -2.22. The molecule has 0 saturated heterocycles. The van der Waals surface area contributed by atoms with Crippen LogP contribution in [0.5, 0.6) is 0 Å². The van der Waals surface area contributed by atoms with E-state index in [9.17, 15) is 5.11 Å². The maximum Gasteiger partial charge on any atom is 0.0915 e. The Balaban J connectivity index is 2.46. The number of benzene rings is 1. The van der Waals surface area contributed by atoms with Crippen molar-refractivity contribution in [3.8, 4) is 0 Å². The molecule has 4 N–H and O–H groups in total. The van der Waals surface area contributed by atoms with Crippen LogP contribution in [0.25, 0.3) is 0 Å². The van der Waals surface area contributed by atoms with Crippen LogP contribution in [-0.4, -0.2) is 18.2 Å². The molecule has 0 heterocycles. The van der Waals surface area contributed by atoms with E-state index in [1.807, 2.05) is 25.1 Å². The Morgan fingerprint density at radius 2 is 2.19 bits per heavy atom. The van der Waals surface area contributed by atoms with Crippen molar-refractivity contribution in [1.82, 2.24) is 5.32 Å². The molecule has 1 atom stereocenters. The third-order valence-electron chi connectivity index (χ3n) is 2.73. The summed E-state index contributed by atoms with van der Waals surface area (Å²) in [4.78, 5) is 0. The van der Waals surface area contributed by atoms with Crippen molar-refractivity contribution in [1.29, 1.82) is 0 Å². The first-order valence-corrected chi connectivity index (χ1v) is 5.90. The number of nitrogens with two attached hydrogens (primary N) is 1. The van der Waals surface area contributed by atoms with Gasteiger partial charge in [-0.1, -0.05) is 25.5 Å². The number of anilines is 1. The monoisotopic (exact) mass is 222 g/mol. The Labute approximate surface area is 97.7 Å². The minimum atomic E-state index is -0.472. The molecular formula is C13H22N2O. The molecule has 3 heteroatoms. The van der Waals surface area contributed by atoms with Crippen LogP contribution in [0.1, 0.15) is 37.0 Å². The molecule has 0 aromatic heterocycles. The predicted molar refractivity (Wildman–Crippen MR) is 68.3 cm³/mol. The highest BCUT2D eigenvalue weighted by Crippen LogP contribution is 2.18. The van der Waals surface area contributed by atoms with Crippen LogP contribution in [-0.2, 0) is 0 Å². The maximum absolute atomic E-state index is 9.92. The highest BCUT2D eigenvalue weighted by atomic mass is 16.3. The molecule has 3 nitrogen and oxygen atoms in total. The number of hydrogen-bond acceptors (Lipinski definition) is 3. The first-order valence-electron chi connectivity index (χ1n) is 5.90. The van der Waals surface area contributed by atoms with Crippen molar-refractivity contribution in [3.63, 3.8) is 0 Å². The molecule has 1 aromatic carbocycles. The Morgan fingerprint density at radius 3 is 2.81 bits per heavy atom. The van der Waals surface area contributed by atoms with Crippen molar-refractivity contribution in [2.75, 3.05) is 18.8 Å². The lowest BCUT2D eigenvalue weighted by molar-refractivity contribution is 0.175. The molecule has 16 heavy (non-hydrogen) atoms. The zero-order chi connectivity index (χ0) is 12.0. The third-order valence-corrected chi connectivity index (χ3v) is 2.73. The molecule has 0 aliphatic rings. The van der Waals surface area contributed by atoms with Gasteiger partial charge >= 0.3 is 0 Å². The van der Waals surface area contributed by atoms with Crippen LogP contribution in [0.3, 0.4) is 0 Å². The molecule has 1 rings (SSSR count). The minimum absolute atomic E-state index is 0.472. The second-order valence-corrected chi connectivity index (χ2v) is 4.19. The number of aliphatic hydroxyl groups is 1. The molecular weight excluding hydrogens is 200 g/mol. The van der Waals surface area contributed by atoms with Gasteiger partial charge in [0, 0.05) is 12.2 Å². The van der Waals surface area contributed by atoms with Gasteiger partial charge in [0.05, 0.1) is 6.10 Å². The van der Waals surface area contributed by atoms with E-state index in [0.717, 1.165) is 29.8 Å². The van der Waals surface area contributed by atoms with E-state index in [0.29, 0.717) is 6.54 Å². The van der Waals surface area contributed by atoms with E-state index in [2.05, 4.69) is 12.2 Å². The largest absolute Gasteiger partial charge is 0.399 e. The summed E-state index contributed by atoms with van der Waals surface area (Å²) < 4.78 is 0. The summed E-state index contributed by atoms with van der Waals surface area (Å²) in [7, 11) is 0. The van der Waals surface area contributed by atoms with Crippen molar-refractivity contribution < 1.29 is 5.11 Å². The van der Waals surface area contributed by atoms with Gasteiger partial charge in [0.15, 0.2) is 0 Å². The van der Waals surface area contributed by atoms with Gasteiger partial charge < -0.3 is 16.2 Å². The fourth-order valence-electron chi connectivity index (χ4n) is 1.52. The van der Waals surface area contributed by atoms with Gasteiger partial charge in [-0.25, -0.2) is 0 Å². The van der Waals surface area contributed by atoms with Crippen molar-refractivity contribution in [2.24, 2.45) is 0 Å². The fraction of sp³-hybridized carbons (Fsp3) is 0.538. The second kappa shape index (κ2) is 6.51. The summed E-state index contributed by atoms with van der Waals surface area (Å²) in [6.07, 6.45) is 1.84. The smallest absolute Gasteiger partial charge is 0.0915 e. The van der Waals surface area contributed by atoms with Gasteiger partial charge in [0.25, 0.3) is 0 Å². The summed E-state index contributed by atoms with van der Waals surface area (Å²) in [5, 5.41) is 13.1. The molecule has 90 valence electrons. The Hall–Kier alpha value is -1.06. The highest BCUT2D eigenvalue weighted by Gasteiger charge is 2.07. The number of aliphatic hydroxyl groups excluding tert-OH is 1. The standard InChI is InChI=1S/C13H22N2O/c1-3-4-7-15-9-13(16)11-6-5-10(2)12(14)8-11/h5-6,8,13,15-16H,3-4,7,9,14H2,1-2H3. The summed E-state index contributed by atoms with van der Waals surface area (Å²) >= 11 is 0. The molecule has 0 radical (unpaired) electrons. The lowest BCUT2D eigenvalue weighted by atomic mass is 10.1. The van der Waals surface area contributed by atoms with Crippen LogP contribution in [0.2, 0.25) is 0 Å². The summed E-state index contributed by atoms with van der Waals surface area (Å²) in [6, 6.07) is 5.72. The van der Waals surface area contributed by atoms with Crippen molar-refractivity contribution >= 4 is 5.69 Å². The Kier molecular flexibility index (Phi) is 5.29. The maximum atomic E-state index is 9.92. The topological polar surface area (TPSA) is 58.3 Å². The average Bonchev–Trinajstić information content (AvgIpc) is 2.28. The number of hydrogen-bond donors (Lipinski definition) is 3. The summed E-state index contributed by atoms with van der Waals surface area (Å²) in [5.41, 5.74) is 8.48. The van der Waals surface area contributed by atoms with Crippen LogP contribution in [0.15, 0.2) is 18.2 Å². The van der Waals surface area contributed by atoms with Gasteiger partial charge in [0.1, 0.15) is 0 Å². The molecule has 0 amide bonds. The van der Waals surface area contributed by atoms with Crippen molar-refractivity contribution in [2.45, 2.75) is 32.8 Å². The van der Waals surface area contributed by atoms with E-state index in [4.69, 9.17) is 5.73 Å². The van der Waals surface area contributed by atoms with E-state index in [1.54, 1.807) is 0 Å². The quantitative estimate of drug-likeness (QED) is 0.509. The van der Waals surface area contributed by atoms with Gasteiger partial charge in [-0.15, -0.1) is 0 Å². The Bertz CT molecular complexity index is 326. The molecule has 0 spiro atoms. The molecule has 0 bridgehead atoms. The summed E-state index contributed by atoms with van der Waals surface area (Å²) in [5.74, 6) is 0. The van der Waals surface area contributed by atoms with Crippen LogP contribution in [0.4, 0.5) is 5.69 Å². The molecule has 0 fully saturated rings. The molecule has 0 aliphatic carbocycles. The number of aryl methyl sites for hydroxylation is 1. The van der Waals surface area contributed by atoms with Gasteiger partial charge in [0.2, 0.25) is 0 Å². The van der Waals surface area contributed by atoms with Gasteiger partial charge in [-0.05, 0) is 37.1 Å². The normalized spacial score (nSPS) is 12.7. The van der Waals surface area contributed by atoms with E-state index < -0.39 is 6.10 Å². The van der Waals surface area contributed by atoms with Gasteiger partial charge in [-0.2, -0.15) is 0 Å². The fourth-order valence-corrected chi connectivity index (χ4v) is 1.52. The number of rotatable bonds is 6. The highest BCUT2D eigenvalue weighted by molar-refractivity contribution is 5.48. The van der Waals surface area contributed by atoms with E-state index in [-0.39, 0.29) is 0 Å². The Morgan fingerprint density at radius 1 is 1.44 bits per heavy atom. The third kappa shape index (κ3) is 3.83. The van der Waals surface area contributed by atoms with Crippen molar-refractivity contribution in [3.05, 3.63) is 29.3 Å². The number of nitrogen functional groups attached to an aromatic ring is 1. The zero-order valence-electron chi connectivity index (χ0n) is 10.2. The van der Waals surface area contributed by atoms with E-state index >= 15 is 0 Å². The van der Waals surface area contributed by atoms with E-state index in [1.165, 1.54) is 6.42 Å². The SMILES string of the molecule is CCCCNCC(O)c1ccc(C)c(N)c1. The first-order chi connectivity index (χ1) is 7.65. The molecule has 0 aliphatic heterocycles. The van der Waals surface area contributed by atoms with Crippen LogP contribution >= 0.6 is 0 Å². The average molecular weight is 222 g/mol. The first kappa shape index (κ1) is 13.0. The number of unbranched alkanes of at least 4 members (excludes halogenated alkanes) is 1. The second-order valence-electron chi connectivity index (χ2n) is 4.19. The zero-order valence-corrected chi connectivity index (χ0v) is 10.2. The molecule has 1 unspecified atom stereocenters.